The molecule has 2 aromatic rings. The summed E-state index contributed by atoms with van der Waals surface area (Å²) in [6.45, 7) is 3.95. The second kappa shape index (κ2) is 5.23. The Labute approximate surface area is 113 Å². The average molecular weight is 279 g/mol. The third-order valence-corrected chi connectivity index (χ3v) is 3.30. The fourth-order valence-electron chi connectivity index (χ4n) is 1.68. The number of anilines is 1. The first kappa shape index (κ1) is 13.3. The Balaban J connectivity index is 2.43. The normalized spacial score (nSPS) is 10.7. The lowest BCUT2D eigenvalue weighted by Crippen LogP contribution is -2.10. The summed E-state index contributed by atoms with van der Waals surface area (Å²) in [6, 6.07) is 6.15. The lowest BCUT2D eigenvalue weighted by atomic mass is 10.1. The van der Waals surface area contributed by atoms with Gasteiger partial charge < -0.3 is 5.32 Å². The van der Waals surface area contributed by atoms with Crippen LogP contribution in [-0.4, -0.2) is 15.3 Å². The first-order valence-corrected chi connectivity index (χ1v) is 6.53. The molecule has 0 radical (unpaired) electrons. The number of aromatic nitrogens is 1. The number of aromatic amines is 1. The fourth-order valence-corrected chi connectivity index (χ4v) is 2.58. The predicted octanol–water partition coefficient (Wildman–Crippen LogP) is 2.83. The van der Waals surface area contributed by atoms with Crippen LogP contribution >= 0.6 is 11.5 Å². The molecule has 0 saturated carbocycles. The van der Waals surface area contributed by atoms with Crippen LogP contribution in [0.5, 0.6) is 0 Å². The van der Waals surface area contributed by atoms with Gasteiger partial charge in [0, 0.05) is 18.2 Å². The summed E-state index contributed by atoms with van der Waals surface area (Å²) in [5, 5.41) is 14.5. The molecule has 0 amide bonds. The van der Waals surface area contributed by atoms with Crippen molar-refractivity contribution in [2.24, 2.45) is 0 Å². The zero-order valence-corrected chi connectivity index (χ0v) is 11.3. The molecule has 0 fully saturated rings. The summed E-state index contributed by atoms with van der Waals surface area (Å²) in [6.07, 6.45) is 0. The Morgan fingerprint density at radius 1 is 1.32 bits per heavy atom. The van der Waals surface area contributed by atoms with E-state index in [-0.39, 0.29) is 17.3 Å². The van der Waals surface area contributed by atoms with Crippen molar-refractivity contribution in [1.82, 2.24) is 4.37 Å². The van der Waals surface area contributed by atoms with E-state index in [0.29, 0.717) is 11.1 Å². The summed E-state index contributed by atoms with van der Waals surface area (Å²) in [5.41, 5.74) is 1.00. The average Bonchev–Trinajstić information content (AvgIpc) is 2.70. The van der Waals surface area contributed by atoms with E-state index in [2.05, 4.69) is 9.69 Å². The van der Waals surface area contributed by atoms with Crippen LogP contribution in [0.25, 0.3) is 11.1 Å². The molecule has 0 atom stereocenters. The van der Waals surface area contributed by atoms with E-state index >= 15 is 0 Å². The van der Waals surface area contributed by atoms with Gasteiger partial charge in [-0.3, -0.25) is 19.3 Å². The van der Waals surface area contributed by atoms with Gasteiger partial charge in [0.2, 0.25) is 0 Å². The Kier molecular flexibility index (Phi) is 3.66. The number of rotatable bonds is 4. The van der Waals surface area contributed by atoms with Gasteiger partial charge in [0.1, 0.15) is 5.00 Å². The molecule has 0 bridgehead atoms. The molecular formula is C12H13N3O3S. The van der Waals surface area contributed by atoms with Crippen molar-refractivity contribution in [2.75, 3.05) is 5.32 Å². The number of benzene rings is 1. The number of hydrogen-bond donors (Lipinski definition) is 2. The van der Waals surface area contributed by atoms with E-state index in [0.717, 1.165) is 5.00 Å². The van der Waals surface area contributed by atoms with Crippen LogP contribution in [0.3, 0.4) is 0 Å². The van der Waals surface area contributed by atoms with Crippen LogP contribution in [0.4, 0.5) is 10.7 Å². The highest BCUT2D eigenvalue weighted by Gasteiger charge is 2.14. The van der Waals surface area contributed by atoms with Crippen molar-refractivity contribution in [3.05, 3.63) is 44.7 Å². The summed E-state index contributed by atoms with van der Waals surface area (Å²) in [4.78, 5) is 22.0. The quantitative estimate of drug-likeness (QED) is 0.665. The SMILES string of the molecule is CC(C)Nc1s[nH]c(=O)c1-c1ccc([N+](=O)[O-])cc1. The molecule has 0 saturated heterocycles. The minimum atomic E-state index is -0.463. The zero-order chi connectivity index (χ0) is 14.0. The molecule has 6 nitrogen and oxygen atoms in total. The molecule has 7 heteroatoms. The fraction of sp³-hybridized carbons (Fsp3) is 0.250. The summed E-state index contributed by atoms with van der Waals surface area (Å²) in [7, 11) is 0. The molecule has 0 aliphatic carbocycles. The van der Waals surface area contributed by atoms with Gasteiger partial charge in [-0.2, -0.15) is 0 Å². The number of nitrogens with zero attached hydrogens (tertiary/aromatic N) is 1. The zero-order valence-electron chi connectivity index (χ0n) is 10.5. The van der Waals surface area contributed by atoms with Gasteiger partial charge in [0.05, 0.1) is 10.5 Å². The first-order valence-electron chi connectivity index (χ1n) is 5.72. The highest BCUT2D eigenvalue weighted by molar-refractivity contribution is 7.10. The number of non-ortho nitro benzene ring substituents is 1. The topological polar surface area (TPSA) is 88.0 Å². The molecule has 0 aliphatic rings. The van der Waals surface area contributed by atoms with E-state index in [1.807, 2.05) is 13.8 Å². The largest absolute Gasteiger partial charge is 0.373 e. The van der Waals surface area contributed by atoms with Crippen molar-refractivity contribution >= 4 is 22.2 Å². The maximum Gasteiger partial charge on any atom is 0.269 e. The van der Waals surface area contributed by atoms with Gasteiger partial charge >= 0.3 is 0 Å². The molecule has 0 aliphatic heterocycles. The number of nitrogens with one attached hydrogen (secondary N) is 2. The van der Waals surface area contributed by atoms with E-state index < -0.39 is 4.92 Å². The molecular weight excluding hydrogens is 266 g/mol. The Morgan fingerprint density at radius 2 is 1.95 bits per heavy atom. The smallest absolute Gasteiger partial charge is 0.269 e. The Morgan fingerprint density at radius 3 is 2.47 bits per heavy atom. The molecule has 2 rings (SSSR count). The van der Waals surface area contributed by atoms with Gasteiger partial charge in [0.15, 0.2) is 0 Å². The van der Waals surface area contributed by atoms with Gasteiger partial charge in [-0.1, -0.05) is 0 Å². The molecule has 1 aromatic heterocycles. The minimum absolute atomic E-state index is 0.00813. The molecule has 1 heterocycles. The Hall–Kier alpha value is -2.15. The minimum Gasteiger partial charge on any atom is -0.373 e. The van der Waals surface area contributed by atoms with Crippen molar-refractivity contribution in [2.45, 2.75) is 19.9 Å². The van der Waals surface area contributed by atoms with Gasteiger partial charge in [-0.05, 0) is 43.1 Å². The van der Waals surface area contributed by atoms with Crippen LogP contribution in [0, 0.1) is 10.1 Å². The van der Waals surface area contributed by atoms with Crippen molar-refractivity contribution < 1.29 is 4.92 Å². The maximum atomic E-state index is 11.8. The monoisotopic (exact) mass is 279 g/mol. The Bertz CT molecular complexity index is 643. The van der Waals surface area contributed by atoms with E-state index in [1.165, 1.54) is 23.7 Å². The number of nitro benzene ring substituents is 1. The standard InChI is InChI=1S/C12H13N3O3S/c1-7(2)13-12-10(11(16)14-19-12)8-3-5-9(6-4-8)15(17)18/h3-7,13H,1-2H3,(H,14,16). The van der Waals surface area contributed by atoms with E-state index in [9.17, 15) is 14.9 Å². The predicted molar refractivity (Wildman–Crippen MR) is 75.8 cm³/mol. The third kappa shape index (κ3) is 2.82. The van der Waals surface area contributed by atoms with Crippen LogP contribution in [0.2, 0.25) is 0 Å². The van der Waals surface area contributed by atoms with Gasteiger partial charge in [-0.25, -0.2) is 0 Å². The van der Waals surface area contributed by atoms with Gasteiger partial charge in [-0.15, -0.1) is 0 Å². The molecule has 0 spiro atoms. The van der Waals surface area contributed by atoms with Crippen LogP contribution in [0.1, 0.15) is 13.8 Å². The van der Waals surface area contributed by atoms with Crippen LogP contribution in [-0.2, 0) is 0 Å². The summed E-state index contributed by atoms with van der Waals surface area (Å²) in [5.74, 6) is 0. The second-order valence-corrected chi connectivity index (χ2v) is 5.16. The molecule has 0 unspecified atom stereocenters. The van der Waals surface area contributed by atoms with Crippen molar-refractivity contribution in [3.8, 4) is 11.1 Å². The summed E-state index contributed by atoms with van der Waals surface area (Å²) < 4.78 is 2.67. The van der Waals surface area contributed by atoms with Crippen molar-refractivity contribution in [3.63, 3.8) is 0 Å². The number of H-pyrrole nitrogens is 1. The van der Waals surface area contributed by atoms with Crippen LogP contribution in [0.15, 0.2) is 29.1 Å². The highest BCUT2D eigenvalue weighted by atomic mass is 32.1. The van der Waals surface area contributed by atoms with Crippen LogP contribution < -0.4 is 10.9 Å². The molecule has 2 N–H and O–H groups in total. The molecule has 1 aromatic carbocycles. The van der Waals surface area contributed by atoms with E-state index in [1.54, 1.807) is 12.1 Å². The first-order chi connectivity index (χ1) is 8.99. The lowest BCUT2D eigenvalue weighted by molar-refractivity contribution is -0.384. The van der Waals surface area contributed by atoms with Crippen molar-refractivity contribution in [1.29, 1.82) is 0 Å². The third-order valence-electron chi connectivity index (χ3n) is 2.49. The second-order valence-electron chi connectivity index (χ2n) is 4.34. The van der Waals surface area contributed by atoms with Gasteiger partial charge in [0.25, 0.3) is 11.2 Å². The molecule has 19 heavy (non-hydrogen) atoms. The number of nitro groups is 1. The van der Waals surface area contributed by atoms with E-state index in [4.69, 9.17) is 0 Å². The highest BCUT2D eigenvalue weighted by Crippen LogP contribution is 2.29. The maximum absolute atomic E-state index is 11.8. The number of hydrogen-bond acceptors (Lipinski definition) is 5. The molecule has 100 valence electrons. The summed E-state index contributed by atoms with van der Waals surface area (Å²) >= 11 is 1.23. The lowest BCUT2D eigenvalue weighted by Gasteiger charge is -2.08.